The van der Waals surface area contributed by atoms with Crippen LogP contribution in [0.4, 0.5) is 0 Å². The summed E-state index contributed by atoms with van der Waals surface area (Å²) in [6, 6.07) is 0. The normalized spacial score (nSPS) is 30.6. The number of hydrogen-bond acceptors (Lipinski definition) is 2. The number of allylic oxidation sites excluding steroid dienone is 2. The van der Waals surface area contributed by atoms with Gasteiger partial charge in [0, 0.05) is 6.54 Å². The molecule has 0 aromatic rings. The Kier molecular flexibility index (Phi) is 2.41. The Balaban J connectivity index is 1.93. The van der Waals surface area contributed by atoms with E-state index in [1.807, 2.05) is 0 Å². The molecule has 2 N–H and O–H groups in total. The summed E-state index contributed by atoms with van der Waals surface area (Å²) in [5.74, 6) is 0. The second-order valence-electron chi connectivity index (χ2n) is 4.81. The second-order valence-corrected chi connectivity index (χ2v) is 4.81. The van der Waals surface area contributed by atoms with Crippen LogP contribution in [0.3, 0.4) is 0 Å². The van der Waals surface area contributed by atoms with Crippen molar-refractivity contribution in [2.45, 2.75) is 44.6 Å². The summed E-state index contributed by atoms with van der Waals surface area (Å²) in [7, 11) is 0. The van der Waals surface area contributed by atoms with E-state index in [0.29, 0.717) is 6.54 Å². The van der Waals surface area contributed by atoms with Crippen molar-refractivity contribution in [1.29, 1.82) is 0 Å². The van der Waals surface area contributed by atoms with Crippen LogP contribution in [0.25, 0.3) is 0 Å². The average molecular weight is 205 g/mol. The maximum absolute atomic E-state index is 5.77. The van der Waals surface area contributed by atoms with E-state index in [4.69, 9.17) is 10.5 Å². The highest BCUT2D eigenvalue weighted by atomic mass is 16.5. The minimum atomic E-state index is 0.222. The van der Waals surface area contributed by atoms with E-state index < -0.39 is 0 Å². The number of ether oxygens (including phenoxy) is 1. The van der Waals surface area contributed by atoms with Gasteiger partial charge in [0.1, 0.15) is 0 Å². The number of fused-ring (bicyclic) bond motifs is 1. The molecule has 2 heteroatoms. The lowest BCUT2D eigenvalue weighted by Crippen LogP contribution is -2.29. The Bertz CT molecular complexity index is 340. The molecule has 0 fully saturated rings. The van der Waals surface area contributed by atoms with Crippen molar-refractivity contribution in [1.82, 2.24) is 0 Å². The summed E-state index contributed by atoms with van der Waals surface area (Å²) in [5, 5.41) is 0. The van der Waals surface area contributed by atoms with Crippen LogP contribution in [-0.4, -0.2) is 19.3 Å². The molecule has 0 aromatic carbocycles. The van der Waals surface area contributed by atoms with Crippen LogP contribution in [0.5, 0.6) is 0 Å². The van der Waals surface area contributed by atoms with Crippen molar-refractivity contribution in [3.63, 3.8) is 0 Å². The zero-order valence-corrected chi connectivity index (χ0v) is 9.22. The SMILES string of the molecule is NCC1OCCC2=C1CC1=C2CCCC1. The molecular formula is C13H19NO. The summed E-state index contributed by atoms with van der Waals surface area (Å²) in [6.07, 6.45) is 7.92. The minimum Gasteiger partial charge on any atom is -0.372 e. The van der Waals surface area contributed by atoms with Crippen molar-refractivity contribution in [2.24, 2.45) is 5.73 Å². The third-order valence-electron chi connectivity index (χ3n) is 4.01. The van der Waals surface area contributed by atoms with Gasteiger partial charge in [-0.15, -0.1) is 0 Å². The first-order chi connectivity index (χ1) is 7.40. The molecule has 3 aliphatic rings. The summed E-state index contributed by atoms with van der Waals surface area (Å²) >= 11 is 0. The molecule has 0 amide bonds. The fourth-order valence-electron chi connectivity index (χ4n) is 3.29. The molecule has 1 atom stereocenters. The highest BCUT2D eigenvalue weighted by molar-refractivity contribution is 5.50. The molecule has 82 valence electrons. The van der Waals surface area contributed by atoms with Gasteiger partial charge < -0.3 is 10.5 Å². The number of nitrogens with two attached hydrogens (primary N) is 1. The zero-order valence-electron chi connectivity index (χ0n) is 9.22. The third-order valence-corrected chi connectivity index (χ3v) is 4.01. The van der Waals surface area contributed by atoms with E-state index in [-0.39, 0.29) is 6.10 Å². The molecule has 15 heavy (non-hydrogen) atoms. The zero-order chi connectivity index (χ0) is 10.3. The van der Waals surface area contributed by atoms with Gasteiger partial charge in [0.15, 0.2) is 0 Å². The van der Waals surface area contributed by atoms with E-state index in [2.05, 4.69) is 0 Å². The predicted molar refractivity (Wildman–Crippen MR) is 60.5 cm³/mol. The topological polar surface area (TPSA) is 35.2 Å². The first-order valence-electron chi connectivity index (χ1n) is 6.15. The molecule has 2 aliphatic carbocycles. The van der Waals surface area contributed by atoms with Gasteiger partial charge in [-0.3, -0.25) is 0 Å². The fraction of sp³-hybridized carbons (Fsp3) is 0.692. The lowest BCUT2D eigenvalue weighted by Gasteiger charge is -2.25. The summed E-state index contributed by atoms with van der Waals surface area (Å²) < 4.78 is 5.74. The van der Waals surface area contributed by atoms with E-state index in [9.17, 15) is 0 Å². The second kappa shape index (κ2) is 3.76. The lowest BCUT2D eigenvalue weighted by atomic mass is 9.90. The van der Waals surface area contributed by atoms with E-state index in [0.717, 1.165) is 13.0 Å². The smallest absolute Gasteiger partial charge is 0.0916 e. The standard InChI is InChI=1S/C13H19NO/c14-8-13-12-7-9-3-1-2-4-10(9)11(12)5-6-15-13/h13H,1-8,14H2. The van der Waals surface area contributed by atoms with Gasteiger partial charge in [-0.05, 0) is 55.2 Å². The van der Waals surface area contributed by atoms with Crippen LogP contribution < -0.4 is 5.73 Å². The van der Waals surface area contributed by atoms with Crippen molar-refractivity contribution < 1.29 is 4.74 Å². The Labute approximate surface area is 91.2 Å². The first-order valence-corrected chi connectivity index (χ1v) is 6.15. The molecule has 3 rings (SSSR count). The minimum absolute atomic E-state index is 0.222. The largest absolute Gasteiger partial charge is 0.372 e. The Morgan fingerprint density at radius 3 is 2.87 bits per heavy atom. The van der Waals surface area contributed by atoms with E-state index in [1.54, 1.807) is 16.7 Å². The molecule has 1 unspecified atom stereocenters. The summed E-state index contributed by atoms with van der Waals surface area (Å²) in [6.45, 7) is 1.52. The maximum atomic E-state index is 5.77. The molecule has 0 spiro atoms. The lowest BCUT2D eigenvalue weighted by molar-refractivity contribution is 0.0731. The monoisotopic (exact) mass is 205 g/mol. The Morgan fingerprint density at radius 1 is 1.13 bits per heavy atom. The molecule has 0 aromatic heterocycles. The Hall–Kier alpha value is -0.600. The molecule has 0 bridgehead atoms. The molecule has 1 aliphatic heterocycles. The highest BCUT2D eigenvalue weighted by Crippen LogP contribution is 2.45. The van der Waals surface area contributed by atoms with Crippen LogP contribution >= 0.6 is 0 Å². The molecule has 0 saturated heterocycles. The Morgan fingerprint density at radius 2 is 2.00 bits per heavy atom. The fourth-order valence-corrected chi connectivity index (χ4v) is 3.29. The van der Waals surface area contributed by atoms with Crippen LogP contribution in [0.1, 0.15) is 38.5 Å². The van der Waals surface area contributed by atoms with Crippen LogP contribution in [0.2, 0.25) is 0 Å². The van der Waals surface area contributed by atoms with Gasteiger partial charge in [0.25, 0.3) is 0 Å². The van der Waals surface area contributed by atoms with Crippen molar-refractivity contribution in [2.75, 3.05) is 13.2 Å². The van der Waals surface area contributed by atoms with Gasteiger partial charge in [-0.25, -0.2) is 0 Å². The molecule has 1 heterocycles. The molecule has 0 radical (unpaired) electrons. The molecule has 2 nitrogen and oxygen atoms in total. The van der Waals surface area contributed by atoms with Gasteiger partial charge in [0.2, 0.25) is 0 Å². The van der Waals surface area contributed by atoms with Gasteiger partial charge in [-0.1, -0.05) is 5.57 Å². The van der Waals surface area contributed by atoms with Crippen molar-refractivity contribution in [3.05, 3.63) is 22.3 Å². The summed E-state index contributed by atoms with van der Waals surface area (Å²) in [5.41, 5.74) is 12.3. The van der Waals surface area contributed by atoms with Crippen LogP contribution in [-0.2, 0) is 4.74 Å². The highest BCUT2D eigenvalue weighted by Gasteiger charge is 2.32. The van der Waals surface area contributed by atoms with Gasteiger partial charge in [0.05, 0.1) is 12.7 Å². The maximum Gasteiger partial charge on any atom is 0.0916 e. The molecular weight excluding hydrogens is 186 g/mol. The quantitative estimate of drug-likeness (QED) is 0.713. The number of rotatable bonds is 1. The predicted octanol–water partition coefficient (Wildman–Crippen LogP) is 2.30. The molecule has 0 saturated carbocycles. The van der Waals surface area contributed by atoms with E-state index in [1.165, 1.54) is 37.7 Å². The summed E-state index contributed by atoms with van der Waals surface area (Å²) in [4.78, 5) is 0. The van der Waals surface area contributed by atoms with Crippen molar-refractivity contribution in [3.8, 4) is 0 Å². The van der Waals surface area contributed by atoms with Crippen LogP contribution in [0.15, 0.2) is 22.3 Å². The van der Waals surface area contributed by atoms with Crippen LogP contribution in [0, 0.1) is 0 Å². The average Bonchev–Trinajstić information content (AvgIpc) is 2.67. The third kappa shape index (κ3) is 1.47. The van der Waals surface area contributed by atoms with Gasteiger partial charge >= 0.3 is 0 Å². The van der Waals surface area contributed by atoms with Crippen molar-refractivity contribution >= 4 is 0 Å². The first kappa shape index (κ1) is 9.61. The number of hydrogen-bond donors (Lipinski definition) is 1. The van der Waals surface area contributed by atoms with E-state index >= 15 is 0 Å². The van der Waals surface area contributed by atoms with Gasteiger partial charge in [-0.2, -0.15) is 0 Å².